The quantitative estimate of drug-likeness (QED) is 0.733. The molecule has 0 fully saturated rings. The maximum absolute atomic E-state index is 4.33. The molecule has 0 aliphatic heterocycles. The maximum atomic E-state index is 4.33. The molecule has 5 heteroatoms. The Morgan fingerprint density at radius 2 is 2.00 bits per heavy atom. The predicted octanol–water partition coefficient (Wildman–Crippen LogP) is 4.05. The highest BCUT2D eigenvalue weighted by atomic mass is 79.9. The molecule has 0 amide bonds. The van der Waals surface area contributed by atoms with Gasteiger partial charge in [-0.15, -0.1) is 0 Å². The molecule has 1 atom stereocenters. The van der Waals surface area contributed by atoms with Crippen LogP contribution >= 0.6 is 25.3 Å². The summed E-state index contributed by atoms with van der Waals surface area (Å²) in [5, 5.41) is 4.16. The van der Waals surface area contributed by atoms with Crippen LogP contribution in [0, 0.1) is 0 Å². The zero-order chi connectivity index (χ0) is 13.2. The minimum Gasteiger partial charge on any atom is -0.354 e. The molecule has 0 bridgehead atoms. The molecule has 0 aliphatic carbocycles. The second-order valence-corrected chi connectivity index (χ2v) is 5.43. The van der Waals surface area contributed by atoms with Gasteiger partial charge in [-0.05, 0) is 37.0 Å². The Labute approximate surface area is 122 Å². The van der Waals surface area contributed by atoms with Gasteiger partial charge in [0.2, 0.25) is 0 Å². The molecule has 3 nitrogen and oxygen atoms in total. The number of nitrogens with one attached hydrogen (secondary N) is 1. The normalized spacial score (nSPS) is 10.8. The molecular formula is C14H13BrN3P. The maximum Gasteiger partial charge on any atom is 0.139 e. The first-order chi connectivity index (χ1) is 9.29. The largest absolute Gasteiger partial charge is 0.354 e. The van der Waals surface area contributed by atoms with Crippen molar-refractivity contribution in [2.24, 2.45) is 0 Å². The number of fused-ring (bicyclic) bond motifs is 1. The molecule has 0 aliphatic rings. The van der Waals surface area contributed by atoms with Crippen molar-refractivity contribution in [2.45, 2.75) is 6.54 Å². The molecular weight excluding hydrogens is 321 g/mol. The van der Waals surface area contributed by atoms with Crippen molar-refractivity contribution in [3.8, 4) is 0 Å². The Morgan fingerprint density at radius 1 is 1.21 bits per heavy atom. The smallest absolute Gasteiger partial charge is 0.139 e. The first-order valence-corrected chi connectivity index (χ1v) is 7.30. The standard InChI is InChI=1S/C14H13BrN3P/c15-11-9-18(8-10-4-2-1-3-5-10)12-6-7-16-14(17-19)13(11)12/h1-7,9H,8,19H2,(H,16,17). The monoisotopic (exact) mass is 333 g/mol. The third-order valence-corrected chi connectivity index (χ3v) is 3.95. The zero-order valence-electron chi connectivity index (χ0n) is 10.2. The molecule has 2 heterocycles. The molecule has 3 rings (SSSR count). The molecule has 19 heavy (non-hydrogen) atoms. The van der Waals surface area contributed by atoms with Crippen LogP contribution in [0.1, 0.15) is 5.56 Å². The van der Waals surface area contributed by atoms with Gasteiger partial charge in [0.15, 0.2) is 0 Å². The number of anilines is 1. The lowest BCUT2D eigenvalue weighted by Gasteiger charge is -2.06. The van der Waals surface area contributed by atoms with Gasteiger partial charge in [0.05, 0.1) is 10.9 Å². The molecule has 0 radical (unpaired) electrons. The van der Waals surface area contributed by atoms with Gasteiger partial charge in [0.1, 0.15) is 5.82 Å². The number of halogens is 1. The minimum atomic E-state index is 0.850. The molecule has 0 saturated carbocycles. The van der Waals surface area contributed by atoms with E-state index in [0.29, 0.717) is 0 Å². The van der Waals surface area contributed by atoms with Crippen molar-refractivity contribution in [1.82, 2.24) is 9.55 Å². The van der Waals surface area contributed by atoms with Crippen molar-refractivity contribution >= 4 is 42.0 Å². The fourth-order valence-electron chi connectivity index (χ4n) is 2.22. The fourth-order valence-corrected chi connectivity index (χ4v) is 3.07. The number of pyridine rings is 1. The summed E-state index contributed by atoms with van der Waals surface area (Å²) in [6.07, 6.45) is 3.92. The fraction of sp³-hybridized carbons (Fsp3) is 0.0714. The second kappa shape index (κ2) is 5.32. The van der Waals surface area contributed by atoms with Gasteiger partial charge in [0.25, 0.3) is 0 Å². The molecule has 1 unspecified atom stereocenters. The van der Waals surface area contributed by atoms with Crippen LogP contribution in [0.4, 0.5) is 5.82 Å². The van der Waals surface area contributed by atoms with Gasteiger partial charge < -0.3 is 9.65 Å². The van der Waals surface area contributed by atoms with E-state index in [1.165, 1.54) is 5.56 Å². The molecule has 0 saturated heterocycles. The van der Waals surface area contributed by atoms with Crippen LogP contribution in [0.5, 0.6) is 0 Å². The molecule has 1 aromatic carbocycles. The molecule has 3 aromatic rings. The predicted molar refractivity (Wildman–Crippen MR) is 86.3 cm³/mol. The Balaban J connectivity index is 2.10. The summed E-state index contributed by atoms with van der Waals surface area (Å²) in [6.45, 7) is 0.850. The number of rotatable bonds is 3. The van der Waals surface area contributed by atoms with E-state index >= 15 is 0 Å². The topological polar surface area (TPSA) is 29.9 Å². The van der Waals surface area contributed by atoms with E-state index in [9.17, 15) is 0 Å². The van der Waals surface area contributed by atoms with Gasteiger partial charge in [-0.1, -0.05) is 30.3 Å². The summed E-state index contributed by atoms with van der Waals surface area (Å²) in [6, 6.07) is 12.5. The highest BCUT2D eigenvalue weighted by Crippen LogP contribution is 2.32. The SMILES string of the molecule is PNc1nccc2c1c(Br)cn2Cc1ccccc1. The first-order valence-electron chi connectivity index (χ1n) is 5.93. The average Bonchev–Trinajstić information content (AvgIpc) is 2.77. The molecule has 96 valence electrons. The Bertz CT molecular complexity index is 709. The van der Waals surface area contributed by atoms with Crippen LogP contribution in [-0.4, -0.2) is 9.55 Å². The van der Waals surface area contributed by atoms with E-state index in [1.807, 2.05) is 18.3 Å². The summed E-state index contributed by atoms with van der Waals surface area (Å²) in [7, 11) is 2.49. The minimum absolute atomic E-state index is 0.850. The van der Waals surface area contributed by atoms with Gasteiger partial charge in [-0.2, -0.15) is 0 Å². The summed E-state index contributed by atoms with van der Waals surface area (Å²) in [4.78, 5) is 4.33. The van der Waals surface area contributed by atoms with Crippen LogP contribution in [0.2, 0.25) is 0 Å². The highest BCUT2D eigenvalue weighted by Gasteiger charge is 2.11. The molecule has 2 aromatic heterocycles. The summed E-state index contributed by atoms with van der Waals surface area (Å²) < 4.78 is 3.28. The Hall–Kier alpha value is -1.38. The number of hydrogen-bond donors (Lipinski definition) is 1. The number of hydrogen-bond acceptors (Lipinski definition) is 2. The van der Waals surface area contributed by atoms with Gasteiger partial charge >= 0.3 is 0 Å². The van der Waals surface area contributed by atoms with E-state index in [1.54, 1.807) is 0 Å². The van der Waals surface area contributed by atoms with Gasteiger partial charge in [-0.3, -0.25) is 0 Å². The third-order valence-electron chi connectivity index (χ3n) is 3.08. The molecule has 1 N–H and O–H groups in total. The average molecular weight is 334 g/mol. The second-order valence-electron chi connectivity index (χ2n) is 4.29. The van der Waals surface area contributed by atoms with Crippen LogP contribution in [0.15, 0.2) is 53.3 Å². The zero-order valence-corrected chi connectivity index (χ0v) is 12.9. The third kappa shape index (κ3) is 2.38. The lowest BCUT2D eigenvalue weighted by atomic mass is 10.2. The van der Waals surface area contributed by atoms with Crippen molar-refractivity contribution < 1.29 is 0 Å². The van der Waals surface area contributed by atoms with Crippen molar-refractivity contribution in [2.75, 3.05) is 5.09 Å². The summed E-state index contributed by atoms with van der Waals surface area (Å²) in [5.41, 5.74) is 2.44. The summed E-state index contributed by atoms with van der Waals surface area (Å²) >= 11 is 3.61. The lowest BCUT2D eigenvalue weighted by Crippen LogP contribution is -1.97. The number of benzene rings is 1. The van der Waals surface area contributed by atoms with Crippen LogP contribution in [-0.2, 0) is 6.54 Å². The van der Waals surface area contributed by atoms with Crippen molar-refractivity contribution in [3.05, 3.63) is 58.8 Å². The van der Waals surface area contributed by atoms with Gasteiger partial charge in [-0.25, -0.2) is 4.98 Å². The van der Waals surface area contributed by atoms with Crippen LogP contribution in [0.25, 0.3) is 10.9 Å². The van der Waals surface area contributed by atoms with E-state index in [4.69, 9.17) is 0 Å². The van der Waals surface area contributed by atoms with Crippen molar-refractivity contribution in [3.63, 3.8) is 0 Å². The van der Waals surface area contributed by atoms with E-state index in [2.05, 4.69) is 70.4 Å². The number of nitrogens with zero attached hydrogens (tertiary/aromatic N) is 2. The Morgan fingerprint density at radius 3 is 2.74 bits per heavy atom. The lowest BCUT2D eigenvalue weighted by molar-refractivity contribution is 0.835. The van der Waals surface area contributed by atoms with E-state index < -0.39 is 0 Å². The first kappa shape index (κ1) is 12.6. The Kier molecular flexibility index (Phi) is 3.54. The number of aromatic nitrogens is 2. The van der Waals surface area contributed by atoms with E-state index in [-0.39, 0.29) is 0 Å². The highest BCUT2D eigenvalue weighted by molar-refractivity contribution is 9.10. The van der Waals surface area contributed by atoms with Crippen LogP contribution < -0.4 is 5.09 Å². The van der Waals surface area contributed by atoms with E-state index in [0.717, 1.165) is 27.7 Å². The molecule has 0 spiro atoms. The summed E-state index contributed by atoms with van der Waals surface area (Å²) in [5.74, 6) is 0.862. The van der Waals surface area contributed by atoms with Gasteiger partial charge in [0, 0.05) is 23.4 Å². The van der Waals surface area contributed by atoms with Crippen molar-refractivity contribution in [1.29, 1.82) is 0 Å². The van der Waals surface area contributed by atoms with Crippen LogP contribution in [0.3, 0.4) is 0 Å².